The molecule has 19 heavy (non-hydrogen) atoms. The number of hydrogen-bond donors (Lipinski definition) is 0. The van der Waals surface area contributed by atoms with Gasteiger partial charge in [0.25, 0.3) is 0 Å². The van der Waals surface area contributed by atoms with Gasteiger partial charge in [-0.3, -0.25) is 4.48 Å². The Bertz CT molecular complexity index is 349. The minimum absolute atomic E-state index is 0.923. The van der Waals surface area contributed by atoms with Gasteiger partial charge in [0.2, 0.25) is 0 Å². The van der Waals surface area contributed by atoms with Gasteiger partial charge in [-0.1, -0.05) is 63.6 Å². The van der Waals surface area contributed by atoms with Crippen molar-refractivity contribution in [3.05, 3.63) is 29.8 Å². The Labute approximate surface area is 120 Å². The Morgan fingerprint density at radius 2 is 1.37 bits per heavy atom. The first-order chi connectivity index (χ1) is 9.05. The lowest BCUT2D eigenvalue weighted by atomic mass is 10.0. The Morgan fingerprint density at radius 1 is 0.789 bits per heavy atom. The van der Waals surface area contributed by atoms with Crippen LogP contribution < -0.4 is 4.48 Å². The molecule has 0 heterocycles. The van der Waals surface area contributed by atoms with Gasteiger partial charge in [0.1, 0.15) is 5.69 Å². The monoisotopic (exact) mass is 262 g/mol. The van der Waals surface area contributed by atoms with Crippen LogP contribution in [0.15, 0.2) is 24.3 Å². The van der Waals surface area contributed by atoms with Gasteiger partial charge in [-0.25, -0.2) is 0 Å². The lowest BCUT2D eigenvalue weighted by Crippen LogP contribution is -2.35. The molecule has 0 radical (unpaired) electrons. The third-order valence-electron chi connectivity index (χ3n) is 3.76. The zero-order chi connectivity index (χ0) is 14.1. The van der Waals surface area contributed by atoms with E-state index in [0.717, 1.165) is 4.48 Å². The number of aryl methyl sites for hydroxylation is 1. The van der Waals surface area contributed by atoms with Crippen LogP contribution >= 0.6 is 0 Å². The molecular weight excluding hydrogens is 230 g/mol. The molecule has 0 spiro atoms. The molecule has 1 heteroatoms. The zero-order valence-corrected chi connectivity index (χ0v) is 13.4. The highest BCUT2D eigenvalue weighted by Crippen LogP contribution is 2.24. The van der Waals surface area contributed by atoms with E-state index in [4.69, 9.17) is 0 Å². The van der Waals surface area contributed by atoms with Crippen LogP contribution in [-0.2, 0) is 6.42 Å². The van der Waals surface area contributed by atoms with Gasteiger partial charge in [0.05, 0.1) is 21.1 Å². The van der Waals surface area contributed by atoms with Crippen molar-refractivity contribution in [3.8, 4) is 0 Å². The van der Waals surface area contributed by atoms with Crippen LogP contribution in [0.4, 0.5) is 5.69 Å². The maximum absolute atomic E-state index is 2.30. The molecule has 0 aliphatic rings. The molecule has 0 aromatic heterocycles. The summed E-state index contributed by atoms with van der Waals surface area (Å²) in [7, 11) is 6.76. The molecule has 0 amide bonds. The summed E-state index contributed by atoms with van der Waals surface area (Å²) >= 11 is 0. The lowest BCUT2D eigenvalue weighted by Gasteiger charge is -2.26. The van der Waals surface area contributed by atoms with Gasteiger partial charge >= 0.3 is 0 Å². The number of rotatable bonds is 9. The van der Waals surface area contributed by atoms with E-state index < -0.39 is 0 Å². The van der Waals surface area contributed by atoms with E-state index in [1.807, 2.05) is 0 Å². The molecule has 0 atom stereocenters. The van der Waals surface area contributed by atoms with E-state index in [0.29, 0.717) is 0 Å². The van der Waals surface area contributed by atoms with Crippen molar-refractivity contribution in [2.24, 2.45) is 0 Å². The summed E-state index contributed by atoms with van der Waals surface area (Å²) in [5.41, 5.74) is 3.00. The third kappa shape index (κ3) is 6.24. The molecule has 1 nitrogen and oxygen atoms in total. The molecule has 0 saturated heterocycles. The highest BCUT2D eigenvalue weighted by atomic mass is 15.3. The molecular formula is C18H32N+. The molecule has 0 saturated carbocycles. The average Bonchev–Trinajstić information content (AvgIpc) is 2.37. The number of benzene rings is 1. The van der Waals surface area contributed by atoms with E-state index >= 15 is 0 Å². The number of unbranched alkanes of at least 4 members (excludes halogenated alkanes) is 6. The summed E-state index contributed by atoms with van der Waals surface area (Å²) < 4.78 is 0.923. The molecule has 108 valence electrons. The highest BCUT2D eigenvalue weighted by Gasteiger charge is 2.15. The van der Waals surface area contributed by atoms with Crippen LogP contribution in [-0.4, -0.2) is 21.1 Å². The summed E-state index contributed by atoms with van der Waals surface area (Å²) in [5.74, 6) is 0. The zero-order valence-electron chi connectivity index (χ0n) is 13.4. The Balaban J connectivity index is 2.33. The summed E-state index contributed by atoms with van der Waals surface area (Å²) in [5, 5.41) is 0. The van der Waals surface area contributed by atoms with E-state index in [2.05, 4.69) is 52.3 Å². The van der Waals surface area contributed by atoms with Crippen molar-refractivity contribution >= 4 is 5.69 Å². The molecule has 0 aliphatic heterocycles. The van der Waals surface area contributed by atoms with Crippen molar-refractivity contribution in [1.82, 2.24) is 4.48 Å². The van der Waals surface area contributed by atoms with Crippen molar-refractivity contribution in [3.63, 3.8) is 0 Å². The molecule has 1 rings (SSSR count). The maximum Gasteiger partial charge on any atom is 0.135 e. The quantitative estimate of drug-likeness (QED) is 0.425. The van der Waals surface area contributed by atoms with Gasteiger partial charge in [0, 0.05) is 5.56 Å². The van der Waals surface area contributed by atoms with Gasteiger partial charge in [-0.2, -0.15) is 0 Å². The smallest absolute Gasteiger partial charge is 0.135 e. The molecule has 1 aromatic carbocycles. The molecule has 0 N–H and O–H groups in total. The topological polar surface area (TPSA) is 0 Å². The molecule has 0 bridgehead atoms. The van der Waals surface area contributed by atoms with E-state index in [9.17, 15) is 0 Å². The fraction of sp³-hybridized carbons (Fsp3) is 0.667. The first kappa shape index (κ1) is 16.2. The molecule has 0 aliphatic carbocycles. The number of hydrogen-bond acceptors (Lipinski definition) is 0. The second-order valence-corrected chi connectivity index (χ2v) is 6.51. The predicted octanol–water partition coefficient (Wildman–Crippen LogP) is 5.18. The van der Waals surface area contributed by atoms with Gasteiger partial charge in [-0.15, -0.1) is 0 Å². The summed E-state index contributed by atoms with van der Waals surface area (Å²) in [4.78, 5) is 0. The van der Waals surface area contributed by atoms with E-state index in [-0.39, 0.29) is 0 Å². The largest absolute Gasteiger partial charge is 0.298 e. The number of para-hydroxylation sites is 1. The fourth-order valence-corrected chi connectivity index (χ4v) is 2.65. The van der Waals surface area contributed by atoms with Crippen LogP contribution in [0.3, 0.4) is 0 Å². The maximum atomic E-state index is 2.30. The van der Waals surface area contributed by atoms with Gasteiger partial charge in [0.15, 0.2) is 0 Å². The minimum atomic E-state index is 0.923. The van der Waals surface area contributed by atoms with Gasteiger partial charge in [-0.05, 0) is 18.9 Å². The Kier molecular flexibility index (Phi) is 7.15. The second-order valence-electron chi connectivity index (χ2n) is 6.51. The standard InChI is InChI=1S/C18H32N/c1-5-6-7-8-9-10-11-14-17-15-12-13-16-18(17)19(2,3)4/h12-13,15-16H,5-11,14H2,1-4H3/q+1. The first-order valence-electron chi connectivity index (χ1n) is 7.95. The Morgan fingerprint density at radius 3 is 2.00 bits per heavy atom. The van der Waals surface area contributed by atoms with Crippen LogP contribution in [0, 0.1) is 0 Å². The van der Waals surface area contributed by atoms with Crippen molar-refractivity contribution in [2.75, 3.05) is 21.1 Å². The lowest BCUT2D eigenvalue weighted by molar-refractivity contribution is 0.480. The molecule has 0 unspecified atom stereocenters. The highest BCUT2D eigenvalue weighted by molar-refractivity contribution is 5.49. The van der Waals surface area contributed by atoms with Crippen LogP contribution in [0.25, 0.3) is 0 Å². The summed E-state index contributed by atoms with van der Waals surface area (Å²) in [6.07, 6.45) is 11.0. The van der Waals surface area contributed by atoms with Crippen molar-refractivity contribution in [2.45, 2.75) is 58.3 Å². The predicted molar refractivity (Wildman–Crippen MR) is 87.7 cm³/mol. The first-order valence-corrected chi connectivity index (χ1v) is 7.95. The second kappa shape index (κ2) is 8.37. The van der Waals surface area contributed by atoms with Crippen LogP contribution in [0.2, 0.25) is 0 Å². The average molecular weight is 262 g/mol. The molecule has 1 aromatic rings. The normalized spacial score (nSPS) is 11.8. The SMILES string of the molecule is CCCCCCCCCc1ccccc1[N+](C)(C)C. The van der Waals surface area contributed by atoms with Crippen LogP contribution in [0.5, 0.6) is 0 Å². The van der Waals surface area contributed by atoms with Crippen molar-refractivity contribution in [1.29, 1.82) is 0 Å². The Hall–Kier alpha value is -0.820. The van der Waals surface area contributed by atoms with Gasteiger partial charge < -0.3 is 0 Å². The number of quaternary nitrogens is 1. The minimum Gasteiger partial charge on any atom is -0.298 e. The number of nitrogens with zero attached hydrogens (tertiary/aromatic N) is 1. The fourth-order valence-electron chi connectivity index (χ4n) is 2.65. The van der Waals surface area contributed by atoms with E-state index in [1.165, 1.54) is 62.6 Å². The third-order valence-corrected chi connectivity index (χ3v) is 3.76. The van der Waals surface area contributed by atoms with Crippen molar-refractivity contribution < 1.29 is 0 Å². The summed E-state index contributed by atoms with van der Waals surface area (Å²) in [6.45, 7) is 2.28. The van der Waals surface area contributed by atoms with Crippen LogP contribution in [0.1, 0.15) is 57.4 Å². The molecule has 0 fully saturated rings. The van der Waals surface area contributed by atoms with E-state index in [1.54, 1.807) is 0 Å². The summed E-state index contributed by atoms with van der Waals surface area (Å²) in [6, 6.07) is 8.91.